The van der Waals surface area contributed by atoms with Gasteiger partial charge in [-0.05, 0) is 6.92 Å². The van der Waals surface area contributed by atoms with Crippen LogP contribution in [0.3, 0.4) is 0 Å². The molecule has 0 aliphatic carbocycles. The van der Waals surface area contributed by atoms with Crippen LogP contribution in [0.25, 0.3) is 0 Å². The Morgan fingerprint density at radius 2 is 2.00 bits per heavy atom. The van der Waals surface area contributed by atoms with Crippen molar-refractivity contribution in [3.63, 3.8) is 0 Å². The molecule has 11 nitrogen and oxygen atoms in total. The van der Waals surface area contributed by atoms with E-state index in [0.717, 1.165) is 10.8 Å². The number of aliphatic hydroxyl groups is 2. The molecule has 1 fully saturated rings. The first kappa shape index (κ1) is 17.0. The average molecular weight is 338 g/mol. The molecule has 1 aliphatic rings. The van der Waals surface area contributed by atoms with E-state index in [1.54, 1.807) is 0 Å². The Hall–Kier alpha value is -1.33. The summed E-state index contributed by atoms with van der Waals surface area (Å²) < 4.78 is 21.4. The van der Waals surface area contributed by atoms with Gasteiger partial charge in [0.05, 0.1) is 0 Å². The summed E-state index contributed by atoms with van der Waals surface area (Å²) in [7, 11) is -4.49. The Morgan fingerprint density at radius 3 is 2.59 bits per heavy atom. The number of rotatable bonds is 4. The molecule has 0 amide bonds. The van der Waals surface area contributed by atoms with Gasteiger partial charge in [-0.3, -0.25) is 18.9 Å². The molecule has 124 valence electrons. The van der Waals surface area contributed by atoms with Gasteiger partial charge < -0.3 is 29.5 Å². The van der Waals surface area contributed by atoms with Crippen LogP contribution in [0.2, 0.25) is 0 Å². The molecule has 1 aliphatic heterocycles. The molecular formula is C10H15N2O9P. The summed E-state index contributed by atoms with van der Waals surface area (Å²) >= 11 is 0. The SMILES string of the molecule is Cc1cn([C@@H]2O[C@H](OCP(=O)(O)O)[C@@H](O)[C@H]2O)c(=O)[nH]c1=O. The molecule has 0 aromatic carbocycles. The maximum absolute atomic E-state index is 11.7. The van der Waals surface area contributed by atoms with E-state index in [2.05, 4.69) is 0 Å². The van der Waals surface area contributed by atoms with Gasteiger partial charge in [-0.25, -0.2) is 4.79 Å². The van der Waals surface area contributed by atoms with E-state index in [-0.39, 0.29) is 5.56 Å². The van der Waals surface area contributed by atoms with E-state index >= 15 is 0 Å². The zero-order valence-electron chi connectivity index (χ0n) is 11.3. The molecule has 2 heterocycles. The Kier molecular flexibility index (Phi) is 4.68. The third-order valence-electron chi connectivity index (χ3n) is 3.02. The van der Waals surface area contributed by atoms with E-state index in [9.17, 15) is 24.4 Å². The van der Waals surface area contributed by atoms with Crippen LogP contribution in [0.5, 0.6) is 0 Å². The third-order valence-corrected chi connectivity index (χ3v) is 3.51. The second kappa shape index (κ2) is 6.05. The van der Waals surface area contributed by atoms with Crippen molar-refractivity contribution in [2.45, 2.75) is 31.6 Å². The number of hydrogen-bond acceptors (Lipinski definition) is 7. The Morgan fingerprint density at radius 1 is 1.36 bits per heavy atom. The maximum Gasteiger partial charge on any atom is 0.351 e. The van der Waals surface area contributed by atoms with Gasteiger partial charge in [0.25, 0.3) is 5.56 Å². The normalized spacial score (nSPS) is 29.0. The highest BCUT2D eigenvalue weighted by Gasteiger charge is 2.45. The van der Waals surface area contributed by atoms with Gasteiger partial charge in [-0.2, -0.15) is 0 Å². The van der Waals surface area contributed by atoms with Crippen molar-refractivity contribution >= 4 is 7.60 Å². The van der Waals surface area contributed by atoms with Crippen molar-refractivity contribution in [3.05, 3.63) is 32.6 Å². The molecule has 0 unspecified atom stereocenters. The summed E-state index contributed by atoms with van der Waals surface area (Å²) in [6.07, 6.45) is -6.02. The first-order chi connectivity index (χ1) is 10.1. The minimum Gasteiger partial charge on any atom is -0.385 e. The predicted octanol–water partition coefficient (Wildman–Crippen LogP) is -2.43. The van der Waals surface area contributed by atoms with Crippen molar-refractivity contribution in [2.24, 2.45) is 0 Å². The lowest BCUT2D eigenvalue weighted by atomic mass is 10.2. The van der Waals surface area contributed by atoms with Crippen molar-refractivity contribution in [1.82, 2.24) is 9.55 Å². The second-order valence-corrected chi connectivity index (χ2v) is 6.40. The van der Waals surface area contributed by atoms with E-state index < -0.39 is 49.9 Å². The molecule has 0 spiro atoms. The largest absolute Gasteiger partial charge is 0.385 e. The van der Waals surface area contributed by atoms with Crippen LogP contribution in [-0.4, -0.2) is 54.4 Å². The van der Waals surface area contributed by atoms with Crippen molar-refractivity contribution < 1.29 is 34.0 Å². The fourth-order valence-corrected chi connectivity index (χ4v) is 2.28. The van der Waals surface area contributed by atoms with Crippen LogP contribution in [0.4, 0.5) is 0 Å². The first-order valence-corrected chi connectivity index (χ1v) is 7.90. The lowest BCUT2D eigenvalue weighted by Crippen LogP contribution is -2.38. The molecule has 0 bridgehead atoms. The topological polar surface area (TPSA) is 171 Å². The van der Waals surface area contributed by atoms with Gasteiger partial charge in [0.1, 0.15) is 12.2 Å². The highest BCUT2D eigenvalue weighted by molar-refractivity contribution is 7.51. The average Bonchev–Trinajstić information content (AvgIpc) is 2.68. The van der Waals surface area contributed by atoms with Crippen LogP contribution < -0.4 is 11.2 Å². The first-order valence-electron chi connectivity index (χ1n) is 6.10. The summed E-state index contributed by atoms with van der Waals surface area (Å²) in [6, 6.07) is 0. The van der Waals surface area contributed by atoms with Crippen LogP contribution >= 0.6 is 7.60 Å². The van der Waals surface area contributed by atoms with Crippen molar-refractivity contribution in [3.8, 4) is 0 Å². The Labute approximate surface area is 122 Å². The summed E-state index contributed by atoms with van der Waals surface area (Å²) in [6.45, 7) is 1.42. The van der Waals surface area contributed by atoms with Crippen molar-refractivity contribution in [1.29, 1.82) is 0 Å². The molecule has 0 saturated carbocycles. The van der Waals surface area contributed by atoms with E-state index in [1.807, 2.05) is 4.98 Å². The lowest BCUT2D eigenvalue weighted by Gasteiger charge is -2.17. The van der Waals surface area contributed by atoms with Gasteiger partial charge in [-0.1, -0.05) is 0 Å². The zero-order valence-corrected chi connectivity index (χ0v) is 12.2. The van der Waals surface area contributed by atoms with E-state index in [4.69, 9.17) is 19.3 Å². The number of hydrogen-bond donors (Lipinski definition) is 5. The predicted molar refractivity (Wildman–Crippen MR) is 70.0 cm³/mol. The van der Waals surface area contributed by atoms with Gasteiger partial charge in [-0.15, -0.1) is 0 Å². The fraction of sp³-hybridized carbons (Fsp3) is 0.600. The number of aryl methyl sites for hydroxylation is 1. The lowest BCUT2D eigenvalue weighted by molar-refractivity contribution is -0.168. The third kappa shape index (κ3) is 3.52. The molecule has 1 aromatic heterocycles. The number of nitrogens with one attached hydrogen (secondary N) is 1. The van der Waals surface area contributed by atoms with Crippen molar-refractivity contribution in [2.75, 3.05) is 6.35 Å². The number of aromatic nitrogens is 2. The minimum absolute atomic E-state index is 0.171. The van der Waals surface area contributed by atoms with Gasteiger partial charge in [0.2, 0.25) is 0 Å². The van der Waals surface area contributed by atoms with Crippen LogP contribution in [0, 0.1) is 6.92 Å². The number of ether oxygens (including phenoxy) is 2. The quantitative estimate of drug-likeness (QED) is 0.374. The van der Waals surface area contributed by atoms with Gasteiger partial charge in [0.15, 0.2) is 18.9 Å². The molecule has 5 N–H and O–H groups in total. The number of aromatic amines is 1. The molecule has 2 rings (SSSR count). The Balaban J connectivity index is 2.23. The van der Waals surface area contributed by atoms with Crippen LogP contribution in [-0.2, 0) is 14.0 Å². The second-order valence-electron chi connectivity index (χ2n) is 4.82. The summed E-state index contributed by atoms with van der Waals surface area (Å²) in [5.41, 5.74) is -1.31. The standard InChI is InChI=1S/C10H15N2O9P/c1-4-2-12(10(16)11-7(4)15)8-5(13)6(14)9(21-8)20-3-22(17,18)19/h2,5-6,8-9,13-14H,3H2,1H3,(H,11,15,16)(H2,17,18,19)/t5-,6+,8-,9+/m1/s1. The molecule has 4 atom stereocenters. The van der Waals surface area contributed by atoms with Crippen LogP contribution in [0.1, 0.15) is 11.8 Å². The Bertz CT molecular complexity index is 707. The molecule has 1 aromatic rings. The van der Waals surface area contributed by atoms with Crippen LogP contribution in [0.15, 0.2) is 15.8 Å². The smallest absolute Gasteiger partial charge is 0.351 e. The highest BCUT2D eigenvalue weighted by atomic mass is 31.2. The monoisotopic (exact) mass is 338 g/mol. The molecule has 22 heavy (non-hydrogen) atoms. The van der Waals surface area contributed by atoms with Gasteiger partial charge in [0, 0.05) is 11.8 Å². The number of nitrogens with zero attached hydrogens (tertiary/aromatic N) is 1. The summed E-state index contributed by atoms with van der Waals surface area (Å²) in [4.78, 5) is 42.5. The minimum atomic E-state index is -4.49. The molecule has 12 heteroatoms. The maximum atomic E-state index is 11.7. The van der Waals surface area contributed by atoms with E-state index in [0.29, 0.717) is 0 Å². The summed E-state index contributed by atoms with van der Waals surface area (Å²) in [5, 5.41) is 19.7. The molecule has 0 radical (unpaired) electrons. The molecule has 1 saturated heterocycles. The number of aliphatic hydroxyl groups excluding tert-OH is 2. The fourth-order valence-electron chi connectivity index (χ4n) is 1.94. The molecular weight excluding hydrogens is 323 g/mol. The summed E-state index contributed by atoms with van der Waals surface area (Å²) in [5.74, 6) is 0. The highest BCUT2D eigenvalue weighted by Crippen LogP contribution is 2.37. The zero-order chi connectivity index (χ0) is 16.7. The van der Waals surface area contributed by atoms with E-state index in [1.165, 1.54) is 6.92 Å². The van der Waals surface area contributed by atoms with Gasteiger partial charge >= 0.3 is 13.3 Å². The number of H-pyrrole nitrogens is 1.